The van der Waals surface area contributed by atoms with Crippen LogP contribution in [0.3, 0.4) is 0 Å². The maximum atomic E-state index is 12.2. The summed E-state index contributed by atoms with van der Waals surface area (Å²) in [6, 6.07) is 5.67. The number of aromatic nitrogens is 1. The normalized spacial score (nSPS) is 17.3. The van der Waals surface area contributed by atoms with E-state index in [1.54, 1.807) is 17.0 Å². The lowest BCUT2D eigenvalue weighted by Gasteiger charge is -2.27. The van der Waals surface area contributed by atoms with Crippen molar-refractivity contribution in [2.45, 2.75) is 38.8 Å². The zero-order valence-electron chi connectivity index (χ0n) is 14.9. The lowest BCUT2D eigenvalue weighted by molar-refractivity contribution is 0.0292. The Morgan fingerprint density at radius 2 is 2.17 bits per heavy atom. The molecule has 0 radical (unpaired) electrons. The van der Waals surface area contributed by atoms with Crippen LogP contribution in [-0.4, -0.2) is 54.9 Å². The van der Waals surface area contributed by atoms with Gasteiger partial charge in [0.2, 0.25) is 5.88 Å². The molecule has 1 atom stereocenters. The second-order valence-corrected chi connectivity index (χ2v) is 6.82. The number of likely N-dealkylation sites (tertiary alicyclic amines) is 1. The summed E-state index contributed by atoms with van der Waals surface area (Å²) in [7, 11) is 3.42. The van der Waals surface area contributed by atoms with Crippen LogP contribution in [0.1, 0.15) is 32.8 Å². The van der Waals surface area contributed by atoms with E-state index >= 15 is 0 Å². The molecule has 0 N–H and O–H groups in total. The maximum Gasteiger partial charge on any atom is 0.410 e. The smallest absolute Gasteiger partial charge is 0.410 e. The Kier molecular flexibility index (Phi) is 5.17. The number of carbonyl (C=O) groups is 1. The van der Waals surface area contributed by atoms with Crippen molar-refractivity contribution >= 4 is 11.9 Å². The molecule has 1 saturated heterocycles. The lowest BCUT2D eigenvalue weighted by Crippen LogP contribution is -2.39. The maximum absolute atomic E-state index is 12.2. The van der Waals surface area contributed by atoms with Crippen LogP contribution < -0.4 is 9.64 Å². The highest BCUT2D eigenvalue weighted by molar-refractivity contribution is 5.68. The minimum atomic E-state index is -0.497. The molecule has 1 aromatic rings. The summed E-state index contributed by atoms with van der Waals surface area (Å²) in [4.78, 5) is 20.3. The van der Waals surface area contributed by atoms with E-state index in [-0.39, 0.29) is 12.1 Å². The third kappa shape index (κ3) is 4.07. The van der Waals surface area contributed by atoms with Crippen molar-refractivity contribution in [3.05, 3.63) is 17.7 Å². The zero-order valence-corrected chi connectivity index (χ0v) is 14.9. The van der Waals surface area contributed by atoms with E-state index in [0.717, 1.165) is 6.42 Å². The van der Waals surface area contributed by atoms with E-state index in [2.05, 4.69) is 11.1 Å². The van der Waals surface area contributed by atoms with Gasteiger partial charge in [-0.3, -0.25) is 0 Å². The fourth-order valence-corrected chi connectivity index (χ4v) is 2.61. The van der Waals surface area contributed by atoms with Gasteiger partial charge < -0.3 is 19.3 Å². The molecule has 1 aromatic heterocycles. The number of rotatable bonds is 3. The van der Waals surface area contributed by atoms with Crippen LogP contribution in [-0.2, 0) is 4.74 Å². The van der Waals surface area contributed by atoms with Crippen LogP contribution in [0.4, 0.5) is 10.6 Å². The number of hydrogen-bond donors (Lipinski definition) is 0. The van der Waals surface area contributed by atoms with Gasteiger partial charge in [0.15, 0.2) is 0 Å². The lowest BCUT2D eigenvalue weighted by atomic mass is 10.2. The summed E-state index contributed by atoms with van der Waals surface area (Å²) < 4.78 is 10.6. The number of hydrogen-bond acceptors (Lipinski definition) is 6. The molecule has 0 aromatic carbocycles. The summed E-state index contributed by atoms with van der Waals surface area (Å²) >= 11 is 0. The molecule has 0 spiro atoms. The Morgan fingerprint density at radius 1 is 1.46 bits per heavy atom. The number of nitrogens with zero attached hydrogens (tertiary/aromatic N) is 4. The van der Waals surface area contributed by atoms with Gasteiger partial charge in [0, 0.05) is 26.2 Å². The molecule has 0 saturated carbocycles. The molecule has 2 heterocycles. The van der Waals surface area contributed by atoms with Crippen molar-refractivity contribution < 1.29 is 14.3 Å². The molecule has 1 aliphatic rings. The molecule has 1 unspecified atom stereocenters. The number of nitriles is 1. The molecular weight excluding hydrogens is 308 g/mol. The van der Waals surface area contributed by atoms with Crippen LogP contribution in [0.25, 0.3) is 0 Å². The first kappa shape index (κ1) is 17.9. The second-order valence-electron chi connectivity index (χ2n) is 6.82. The molecule has 1 amide bonds. The molecule has 0 aliphatic carbocycles. The topological polar surface area (TPSA) is 78.7 Å². The fraction of sp³-hybridized carbons (Fsp3) is 0.588. The van der Waals surface area contributed by atoms with E-state index < -0.39 is 5.60 Å². The van der Waals surface area contributed by atoms with Crippen molar-refractivity contribution in [1.82, 2.24) is 9.88 Å². The van der Waals surface area contributed by atoms with Gasteiger partial charge in [0.1, 0.15) is 23.1 Å². The largest absolute Gasteiger partial charge is 0.480 e. The van der Waals surface area contributed by atoms with Crippen molar-refractivity contribution in [2.24, 2.45) is 0 Å². The van der Waals surface area contributed by atoms with E-state index in [0.29, 0.717) is 30.4 Å². The summed E-state index contributed by atoms with van der Waals surface area (Å²) in [5, 5.41) is 9.04. The number of ether oxygens (including phenoxy) is 2. The number of amides is 1. The molecule has 1 fully saturated rings. The minimum Gasteiger partial charge on any atom is -0.480 e. The van der Waals surface area contributed by atoms with Gasteiger partial charge >= 0.3 is 6.09 Å². The Hall–Kier alpha value is -2.49. The highest BCUT2D eigenvalue weighted by Gasteiger charge is 2.32. The number of methoxy groups -OCH3 is 1. The predicted molar refractivity (Wildman–Crippen MR) is 90.1 cm³/mol. The quantitative estimate of drug-likeness (QED) is 0.846. The van der Waals surface area contributed by atoms with E-state index in [1.165, 1.54) is 7.11 Å². The zero-order chi connectivity index (χ0) is 17.9. The van der Waals surface area contributed by atoms with Gasteiger partial charge in [-0.2, -0.15) is 10.2 Å². The average molecular weight is 332 g/mol. The number of anilines is 1. The number of carbonyl (C=O) groups excluding carboxylic acids is 1. The molecule has 7 nitrogen and oxygen atoms in total. The summed E-state index contributed by atoms with van der Waals surface area (Å²) in [5.74, 6) is 1.02. The van der Waals surface area contributed by atoms with Crippen LogP contribution >= 0.6 is 0 Å². The van der Waals surface area contributed by atoms with Crippen molar-refractivity contribution in [3.8, 4) is 11.9 Å². The first-order valence-corrected chi connectivity index (χ1v) is 7.91. The third-order valence-corrected chi connectivity index (χ3v) is 3.88. The van der Waals surface area contributed by atoms with Gasteiger partial charge in [0.05, 0.1) is 7.11 Å². The number of likely N-dealkylation sites (N-methyl/N-ethyl adjacent to an activating group) is 1. The molecule has 1 aliphatic heterocycles. The molecule has 2 rings (SSSR count). The summed E-state index contributed by atoms with van der Waals surface area (Å²) in [5.41, 5.74) is -0.0974. The van der Waals surface area contributed by atoms with Gasteiger partial charge in [-0.05, 0) is 39.3 Å². The molecular formula is C17H24N4O3. The first-order chi connectivity index (χ1) is 11.2. The van der Waals surface area contributed by atoms with Gasteiger partial charge in [-0.25, -0.2) is 4.79 Å². The van der Waals surface area contributed by atoms with Crippen LogP contribution in [0, 0.1) is 11.3 Å². The standard InChI is InChI=1S/C17H24N4O3/c1-17(2,3)24-16(22)21-9-8-13(11-21)20(4)14-7-6-12(10-18)15(19-14)23-5/h6-7,13H,8-9,11H2,1-5H3. The van der Waals surface area contributed by atoms with Crippen LogP contribution in [0.15, 0.2) is 12.1 Å². The van der Waals surface area contributed by atoms with Gasteiger partial charge in [-0.1, -0.05) is 0 Å². The monoisotopic (exact) mass is 332 g/mol. The molecule has 130 valence electrons. The Balaban J connectivity index is 2.06. The van der Waals surface area contributed by atoms with E-state index in [4.69, 9.17) is 14.7 Å². The SMILES string of the molecule is COc1nc(N(C)C2CCN(C(=O)OC(C)(C)C)C2)ccc1C#N. The first-order valence-electron chi connectivity index (χ1n) is 7.91. The van der Waals surface area contributed by atoms with Crippen molar-refractivity contribution in [2.75, 3.05) is 32.1 Å². The van der Waals surface area contributed by atoms with Crippen LogP contribution in [0.5, 0.6) is 5.88 Å². The highest BCUT2D eigenvalue weighted by Crippen LogP contribution is 2.25. The van der Waals surface area contributed by atoms with Crippen molar-refractivity contribution in [3.63, 3.8) is 0 Å². The Morgan fingerprint density at radius 3 is 2.75 bits per heavy atom. The molecule has 24 heavy (non-hydrogen) atoms. The summed E-state index contributed by atoms with van der Waals surface area (Å²) in [6.07, 6.45) is 0.545. The van der Waals surface area contributed by atoms with E-state index in [1.807, 2.05) is 32.7 Å². The van der Waals surface area contributed by atoms with Crippen LogP contribution in [0.2, 0.25) is 0 Å². The Labute approximate surface area is 142 Å². The minimum absolute atomic E-state index is 0.141. The predicted octanol–water partition coefficient (Wildman–Crippen LogP) is 2.41. The fourth-order valence-electron chi connectivity index (χ4n) is 2.61. The molecule has 0 bridgehead atoms. The average Bonchev–Trinajstić information content (AvgIpc) is 3.02. The molecule has 7 heteroatoms. The summed E-state index contributed by atoms with van der Waals surface area (Å²) in [6.45, 7) is 6.80. The second kappa shape index (κ2) is 6.95. The number of pyridine rings is 1. The van der Waals surface area contributed by atoms with E-state index in [9.17, 15) is 4.79 Å². The Bertz CT molecular complexity index is 648. The third-order valence-electron chi connectivity index (χ3n) is 3.88. The van der Waals surface area contributed by atoms with Gasteiger partial charge in [-0.15, -0.1) is 0 Å². The van der Waals surface area contributed by atoms with Gasteiger partial charge in [0.25, 0.3) is 0 Å². The highest BCUT2D eigenvalue weighted by atomic mass is 16.6. The van der Waals surface area contributed by atoms with Crippen molar-refractivity contribution in [1.29, 1.82) is 5.26 Å².